The van der Waals surface area contributed by atoms with E-state index in [1.54, 1.807) is 30.2 Å². The van der Waals surface area contributed by atoms with Crippen LogP contribution in [-0.4, -0.2) is 68.2 Å². The minimum absolute atomic E-state index is 0.0259. The Morgan fingerprint density at radius 2 is 1.69 bits per heavy atom. The summed E-state index contributed by atoms with van der Waals surface area (Å²) >= 11 is 0. The van der Waals surface area contributed by atoms with Crippen LogP contribution in [0.1, 0.15) is 71.6 Å². The number of nitrogens with one attached hydrogen (secondary N) is 1. The molecular weight excluding hydrogens is 410 g/mol. The third-order valence-corrected chi connectivity index (χ3v) is 6.09. The lowest BCUT2D eigenvalue weighted by Gasteiger charge is -2.40. The van der Waals surface area contributed by atoms with E-state index >= 15 is 0 Å². The first-order valence-electron chi connectivity index (χ1n) is 11.3. The van der Waals surface area contributed by atoms with Crippen LogP contribution >= 0.6 is 0 Å². The van der Waals surface area contributed by atoms with Crippen molar-refractivity contribution >= 4 is 18.0 Å². The van der Waals surface area contributed by atoms with Crippen molar-refractivity contribution in [2.24, 2.45) is 5.41 Å². The molecule has 9 heteroatoms. The lowest BCUT2D eigenvalue weighted by Crippen LogP contribution is -2.57. The molecule has 1 aromatic rings. The van der Waals surface area contributed by atoms with Crippen molar-refractivity contribution in [3.05, 3.63) is 17.2 Å². The number of alkyl carbamates (subject to hydrolysis) is 1. The van der Waals surface area contributed by atoms with Gasteiger partial charge in [0, 0.05) is 19.1 Å². The molecule has 3 rings (SSSR count). The topological polar surface area (TPSA) is 96.8 Å². The fourth-order valence-electron chi connectivity index (χ4n) is 4.45. The minimum Gasteiger partial charge on any atom is -0.444 e. The smallest absolute Gasteiger partial charge is 0.408 e. The number of amides is 3. The van der Waals surface area contributed by atoms with Crippen molar-refractivity contribution in [2.45, 2.75) is 92.5 Å². The predicted molar refractivity (Wildman–Crippen MR) is 120 cm³/mol. The molecule has 0 bridgehead atoms. The zero-order chi connectivity index (χ0) is 24.0. The van der Waals surface area contributed by atoms with Gasteiger partial charge in [-0.05, 0) is 52.9 Å². The van der Waals surface area contributed by atoms with Gasteiger partial charge < -0.3 is 19.9 Å². The number of piperidine rings is 1. The number of hydrogen-bond donors (Lipinski definition) is 1. The summed E-state index contributed by atoms with van der Waals surface area (Å²) < 4.78 is 7.07. The van der Waals surface area contributed by atoms with Gasteiger partial charge in [0.05, 0.1) is 17.9 Å². The number of imidazole rings is 1. The summed E-state index contributed by atoms with van der Waals surface area (Å²) in [4.78, 5) is 46.7. The van der Waals surface area contributed by atoms with Gasteiger partial charge in [0.15, 0.2) is 0 Å². The second-order valence-corrected chi connectivity index (χ2v) is 10.9. The van der Waals surface area contributed by atoms with E-state index in [1.165, 1.54) is 0 Å². The van der Waals surface area contributed by atoms with Crippen molar-refractivity contribution in [3.63, 3.8) is 0 Å². The van der Waals surface area contributed by atoms with Crippen molar-refractivity contribution in [2.75, 3.05) is 13.1 Å². The van der Waals surface area contributed by atoms with E-state index in [1.807, 2.05) is 39.5 Å². The first kappa shape index (κ1) is 24.1. The van der Waals surface area contributed by atoms with Gasteiger partial charge in [0.1, 0.15) is 17.5 Å². The number of ether oxygens (including phenoxy) is 1. The molecule has 3 amide bonds. The molecule has 1 saturated heterocycles. The van der Waals surface area contributed by atoms with Gasteiger partial charge in [-0.1, -0.05) is 20.8 Å². The summed E-state index contributed by atoms with van der Waals surface area (Å²) in [6, 6.07) is -0.640. The summed E-state index contributed by atoms with van der Waals surface area (Å²) in [5, 5.41) is 2.78. The fraction of sp³-hybridized carbons (Fsp3) is 0.739. The number of likely N-dealkylation sites (tertiary alicyclic amines) is 1. The van der Waals surface area contributed by atoms with Crippen molar-refractivity contribution in [3.8, 4) is 0 Å². The van der Waals surface area contributed by atoms with Crippen LogP contribution in [0.5, 0.6) is 0 Å². The number of carbonyl (C=O) groups is 3. The highest BCUT2D eigenvalue weighted by Crippen LogP contribution is 2.29. The Balaban J connectivity index is 1.63. The van der Waals surface area contributed by atoms with Crippen LogP contribution < -0.4 is 5.32 Å². The van der Waals surface area contributed by atoms with Crippen molar-refractivity contribution in [1.82, 2.24) is 24.7 Å². The molecule has 0 spiro atoms. The van der Waals surface area contributed by atoms with E-state index in [0.29, 0.717) is 32.5 Å². The zero-order valence-electron chi connectivity index (χ0n) is 20.6. The third kappa shape index (κ3) is 4.91. The Morgan fingerprint density at radius 1 is 1.09 bits per heavy atom. The van der Waals surface area contributed by atoms with Gasteiger partial charge in [-0.15, -0.1) is 0 Å². The highest BCUT2D eigenvalue weighted by Gasteiger charge is 2.41. The molecule has 1 fully saturated rings. The monoisotopic (exact) mass is 447 g/mol. The molecule has 1 aromatic heterocycles. The first-order chi connectivity index (χ1) is 14.7. The summed E-state index contributed by atoms with van der Waals surface area (Å²) in [6.45, 7) is 16.6. The van der Waals surface area contributed by atoms with Gasteiger partial charge in [-0.25, -0.2) is 14.6 Å². The summed E-state index contributed by atoms with van der Waals surface area (Å²) in [5.41, 5.74) is 0.746. The number of nitrogens with zero attached hydrogens (tertiary/aromatic N) is 4. The maximum absolute atomic E-state index is 13.3. The molecular formula is C23H37N5O4. The van der Waals surface area contributed by atoms with Crippen LogP contribution in [0, 0.1) is 19.3 Å². The average molecular weight is 448 g/mol. The molecule has 0 aliphatic carbocycles. The summed E-state index contributed by atoms with van der Waals surface area (Å²) in [6.07, 6.45) is 0.818. The Labute approximate surface area is 190 Å². The van der Waals surface area contributed by atoms with Gasteiger partial charge in [0.25, 0.3) is 0 Å². The van der Waals surface area contributed by atoms with Crippen molar-refractivity contribution < 1.29 is 19.1 Å². The van der Waals surface area contributed by atoms with E-state index < -0.39 is 23.2 Å². The molecule has 32 heavy (non-hydrogen) atoms. The average Bonchev–Trinajstić information content (AvgIpc) is 3.14. The number of hydrogen-bond acceptors (Lipinski definition) is 5. The quantitative estimate of drug-likeness (QED) is 0.767. The summed E-state index contributed by atoms with van der Waals surface area (Å²) in [5.74, 6) is 0.607. The van der Waals surface area contributed by atoms with Gasteiger partial charge >= 0.3 is 12.1 Å². The van der Waals surface area contributed by atoms with Crippen LogP contribution in [0.2, 0.25) is 0 Å². The predicted octanol–water partition coefficient (Wildman–Crippen LogP) is 3.21. The highest BCUT2D eigenvalue weighted by atomic mass is 16.6. The SMILES string of the molecule is Cc1nc(C)n2c1CN(C1CCN(C(=O)[C@H](NC(=O)OC(C)(C)C)C(C)(C)C)CC1)C2=O. The Hall–Kier alpha value is -2.58. The molecule has 2 aliphatic rings. The number of aromatic nitrogens is 2. The number of fused-ring (bicyclic) bond motifs is 1. The summed E-state index contributed by atoms with van der Waals surface area (Å²) in [7, 11) is 0. The van der Waals surface area contributed by atoms with Gasteiger partial charge in [0.2, 0.25) is 5.91 Å². The van der Waals surface area contributed by atoms with Crippen LogP contribution in [0.25, 0.3) is 0 Å². The van der Waals surface area contributed by atoms with Crippen LogP contribution in [0.4, 0.5) is 9.59 Å². The van der Waals surface area contributed by atoms with Crippen LogP contribution in [0.3, 0.4) is 0 Å². The molecule has 9 nitrogen and oxygen atoms in total. The Bertz CT molecular complexity index is 901. The molecule has 1 N–H and O–H groups in total. The van der Waals surface area contributed by atoms with E-state index in [4.69, 9.17) is 4.74 Å². The lowest BCUT2D eigenvalue weighted by molar-refractivity contribution is -0.137. The molecule has 0 aromatic carbocycles. The fourth-order valence-corrected chi connectivity index (χ4v) is 4.45. The van der Waals surface area contributed by atoms with Gasteiger partial charge in [-0.3, -0.25) is 9.36 Å². The van der Waals surface area contributed by atoms with E-state index in [2.05, 4.69) is 10.3 Å². The largest absolute Gasteiger partial charge is 0.444 e. The molecule has 178 valence electrons. The molecule has 3 heterocycles. The molecule has 0 unspecified atom stereocenters. The van der Waals surface area contributed by atoms with Crippen molar-refractivity contribution in [1.29, 1.82) is 0 Å². The molecule has 0 radical (unpaired) electrons. The second-order valence-electron chi connectivity index (χ2n) is 10.9. The highest BCUT2D eigenvalue weighted by molar-refractivity contribution is 5.87. The van der Waals surface area contributed by atoms with Crippen LogP contribution in [-0.2, 0) is 16.1 Å². The normalized spacial score (nSPS) is 18.6. The molecule has 0 saturated carbocycles. The second kappa shape index (κ2) is 8.41. The van der Waals surface area contributed by atoms with E-state index in [-0.39, 0.29) is 18.0 Å². The zero-order valence-corrected chi connectivity index (χ0v) is 20.6. The van der Waals surface area contributed by atoms with Crippen LogP contribution in [0.15, 0.2) is 0 Å². The number of carbonyl (C=O) groups excluding carboxylic acids is 3. The Morgan fingerprint density at radius 3 is 2.19 bits per heavy atom. The standard InChI is InChI=1S/C23H37N5O4/c1-14-17-13-27(21(31)28(17)15(2)24-14)16-9-11-26(12-10-16)19(29)18(22(3,4)5)25-20(30)32-23(6,7)8/h16,18H,9-13H2,1-8H3,(H,25,30)/t18-/m0/s1. The number of rotatable bonds is 3. The molecule has 2 aliphatic heterocycles. The maximum Gasteiger partial charge on any atom is 0.408 e. The maximum atomic E-state index is 13.3. The van der Waals surface area contributed by atoms with Gasteiger partial charge in [-0.2, -0.15) is 0 Å². The number of aryl methyl sites for hydroxylation is 2. The lowest BCUT2D eigenvalue weighted by atomic mass is 9.85. The third-order valence-electron chi connectivity index (χ3n) is 6.09. The van der Waals surface area contributed by atoms with E-state index in [0.717, 1.165) is 17.2 Å². The van der Waals surface area contributed by atoms with E-state index in [9.17, 15) is 14.4 Å². The first-order valence-corrected chi connectivity index (χ1v) is 11.3. The Kier molecular flexibility index (Phi) is 6.32. The molecule has 1 atom stereocenters. The minimum atomic E-state index is -0.695.